The highest BCUT2D eigenvalue weighted by atomic mass is 19.3. The monoisotopic (exact) mass is 293 g/mol. The summed E-state index contributed by atoms with van der Waals surface area (Å²) < 4.78 is 30.2. The number of carbonyl (C=O) groups is 2. The first-order valence-corrected chi connectivity index (χ1v) is 6.58. The van der Waals surface area contributed by atoms with Crippen LogP contribution in [-0.4, -0.2) is 34.7 Å². The summed E-state index contributed by atoms with van der Waals surface area (Å²) in [4.78, 5) is 23.1. The fraction of sp³-hybridized carbons (Fsp3) is 0.846. The van der Waals surface area contributed by atoms with E-state index in [2.05, 4.69) is 5.32 Å². The molecule has 1 aliphatic carbocycles. The minimum atomic E-state index is -2.46. The number of amides is 1. The predicted molar refractivity (Wildman–Crippen MR) is 67.7 cm³/mol. The second-order valence-corrected chi connectivity index (χ2v) is 6.19. The highest BCUT2D eigenvalue weighted by Crippen LogP contribution is 2.35. The maximum atomic E-state index is 12.6. The largest absolute Gasteiger partial charge is 0.480 e. The molecule has 1 saturated carbocycles. The van der Waals surface area contributed by atoms with E-state index in [0.29, 0.717) is 0 Å². The van der Waals surface area contributed by atoms with Crippen LogP contribution < -0.4 is 5.32 Å². The molecule has 1 fully saturated rings. The van der Waals surface area contributed by atoms with Crippen molar-refractivity contribution in [2.75, 3.05) is 0 Å². The van der Waals surface area contributed by atoms with Crippen LogP contribution in [0.2, 0.25) is 0 Å². The lowest BCUT2D eigenvalue weighted by atomic mass is 9.76. The maximum Gasteiger partial charge on any atom is 0.408 e. The van der Waals surface area contributed by atoms with Gasteiger partial charge in [-0.15, -0.1) is 0 Å². The highest BCUT2D eigenvalue weighted by molar-refractivity contribution is 5.84. The zero-order chi connectivity index (χ0) is 15.6. The molecule has 1 rings (SSSR count). The summed E-state index contributed by atoms with van der Waals surface area (Å²) >= 11 is 0. The van der Waals surface area contributed by atoms with Crippen LogP contribution >= 0.6 is 0 Å². The third-order valence-corrected chi connectivity index (χ3v) is 3.39. The van der Waals surface area contributed by atoms with Crippen LogP contribution in [0.3, 0.4) is 0 Å². The molecule has 0 atom stereocenters. The molecule has 0 heterocycles. The number of carboxylic acids is 1. The minimum Gasteiger partial charge on any atom is -0.480 e. The van der Waals surface area contributed by atoms with E-state index in [1.807, 2.05) is 0 Å². The van der Waals surface area contributed by atoms with Gasteiger partial charge in [-0.2, -0.15) is 0 Å². The molecule has 0 saturated heterocycles. The number of ether oxygens (including phenoxy) is 1. The van der Waals surface area contributed by atoms with Gasteiger partial charge in [0.15, 0.2) is 0 Å². The van der Waals surface area contributed by atoms with Crippen molar-refractivity contribution in [1.29, 1.82) is 0 Å². The average molecular weight is 293 g/mol. The summed E-state index contributed by atoms with van der Waals surface area (Å²) in [6.07, 6.45) is -3.19. The van der Waals surface area contributed by atoms with Crippen LogP contribution in [0, 0.1) is 5.92 Å². The average Bonchev–Trinajstić information content (AvgIpc) is 2.26. The molecule has 20 heavy (non-hydrogen) atoms. The van der Waals surface area contributed by atoms with Crippen LogP contribution in [0.4, 0.5) is 13.6 Å². The number of halogens is 2. The van der Waals surface area contributed by atoms with Crippen molar-refractivity contribution in [2.24, 2.45) is 5.92 Å². The molecular formula is C13H21F2NO4. The fourth-order valence-corrected chi connectivity index (χ4v) is 2.28. The molecule has 1 amide bonds. The highest BCUT2D eigenvalue weighted by Gasteiger charge is 2.45. The van der Waals surface area contributed by atoms with E-state index < -0.39 is 35.5 Å². The molecule has 5 nitrogen and oxygen atoms in total. The van der Waals surface area contributed by atoms with Crippen molar-refractivity contribution in [3.63, 3.8) is 0 Å². The lowest BCUT2D eigenvalue weighted by Crippen LogP contribution is -2.57. The summed E-state index contributed by atoms with van der Waals surface area (Å²) in [5.41, 5.74) is -2.25. The number of rotatable bonds is 3. The third-order valence-electron chi connectivity index (χ3n) is 3.39. The minimum absolute atomic E-state index is 0.0173. The van der Waals surface area contributed by atoms with E-state index >= 15 is 0 Å². The first-order chi connectivity index (χ1) is 9.06. The van der Waals surface area contributed by atoms with Gasteiger partial charge in [0.25, 0.3) is 0 Å². The molecule has 0 spiro atoms. The number of carbonyl (C=O) groups excluding carboxylic acids is 1. The van der Waals surface area contributed by atoms with Crippen LogP contribution in [0.15, 0.2) is 0 Å². The first kappa shape index (κ1) is 16.7. The smallest absolute Gasteiger partial charge is 0.408 e. The molecule has 0 aromatic carbocycles. The van der Waals surface area contributed by atoms with E-state index in [0.717, 1.165) is 0 Å². The van der Waals surface area contributed by atoms with Gasteiger partial charge in [-0.25, -0.2) is 18.4 Å². The Balaban J connectivity index is 2.71. The Kier molecular flexibility index (Phi) is 4.94. The molecule has 0 radical (unpaired) electrons. The number of alkyl halides is 2. The summed E-state index contributed by atoms with van der Waals surface area (Å²) in [5, 5.41) is 11.6. The van der Waals surface area contributed by atoms with Crippen molar-refractivity contribution in [3.05, 3.63) is 0 Å². The second kappa shape index (κ2) is 5.93. The molecule has 0 aromatic rings. The molecule has 2 N–H and O–H groups in total. The Morgan fingerprint density at radius 1 is 1.30 bits per heavy atom. The summed E-state index contributed by atoms with van der Waals surface area (Å²) in [7, 11) is 0. The number of hydrogen-bond acceptors (Lipinski definition) is 3. The Bertz CT molecular complexity index is 371. The van der Waals surface area contributed by atoms with Crippen molar-refractivity contribution in [2.45, 2.75) is 64.0 Å². The topological polar surface area (TPSA) is 75.6 Å². The molecule has 0 aromatic heterocycles. The SMILES string of the molecule is CC(C)(C)OC(=O)NC1(C(=O)O)CCC(C(F)F)CC1. The van der Waals surface area contributed by atoms with Gasteiger partial charge in [0.2, 0.25) is 6.43 Å². The first-order valence-electron chi connectivity index (χ1n) is 6.58. The van der Waals surface area contributed by atoms with Gasteiger partial charge in [0, 0.05) is 5.92 Å². The predicted octanol–water partition coefficient (Wildman–Crippen LogP) is 2.79. The number of carboxylic acid groups (broad SMARTS) is 1. The summed E-state index contributed by atoms with van der Waals surface area (Å²) in [6, 6.07) is 0. The van der Waals surface area contributed by atoms with Crippen LogP contribution in [0.5, 0.6) is 0 Å². The van der Waals surface area contributed by atoms with Gasteiger partial charge in [-0.1, -0.05) is 0 Å². The molecule has 0 aliphatic heterocycles. The summed E-state index contributed by atoms with van der Waals surface area (Å²) in [5.74, 6) is -2.01. The Morgan fingerprint density at radius 3 is 2.15 bits per heavy atom. The van der Waals surface area contributed by atoms with Crippen LogP contribution in [-0.2, 0) is 9.53 Å². The second-order valence-electron chi connectivity index (χ2n) is 6.19. The third kappa shape index (κ3) is 4.31. The number of alkyl carbamates (subject to hydrolysis) is 1. The zero-order valence-electron chi connectivity index (χ0n) is 11.9. The quantitative estimate of drug-likeness (QED) is 0.839. The normalized spacial score (nSPS) is 27.2. The van der Waals surface area contributed by atoms with E-state index in [-0.39, 0.29) is 25.7 Å². The van der Waals surface area contributed by atoms with E-state index in [9.17, 15) is 23.5 Å². The van der Waals surface area contributed by atoms with Gasteiger partial charge >= 0.3 is 12.1 Å². The molecule has 0 bridgehead atoms. The standard InChI is InChI=1S/C13H21F2NO4/c1-12(2,3)20-11(19)16-13(10(17)18)6-4-8(5-7-13)9(14)15/h8-9H,4-7H2,1-3H3,(H,16,19)(H,17,18). The van der Waals surface area contributed by atoms with Gasteiger partial charge in [-0.3, -0.25) is 0 Å². The van der Waals surface area contributed by atoms with Gasteiger partial charge in [-0.05, 0) is 46.5 Å². The Hall–Kier alpha value is -1.40. The van der Waals surface area contributed by atoms with Gasteiger partial charge in [0.05, 0.1) is 0 Å². The van der Waals surface area contributed by atoms with E-state index in [1.165, 1.54) is 0 Å². The number of aliphatic carboxylic acids is 1. The molecule has 7 heteroatoms. The molecule has 1 aliphatic rings. The van der Waals surface area contributed by atoms with Gasteiger partial charge < -0.3 is 15.2 Å². The van der Waals surface area contributed by atoms with Crippen molar-refractivity contribution in [3.8, 4) is 0 Å². The zero-order valence-corrected chi connectivity index (χ0v) is 11.9. The number of nitrogens with one attached hydrogen (secondary N) is 1. The Morgan fingerprint density at radius 2 is 1.80 bits per heavy atom. The van der Waals surface area contributed by atoms with Gasteiger partial charge in [0.1, 0.15) is 11.1 Å². The molecule has 0 unspecified atom stereocenters. The molecule has 116 valence electrons. The Labute approximate surface area is 116 Å². The van der Waals surface area contributed by atoms with Crippen LogP contribution in [0.25, 0.3) is 0 Å². The van der Waals surface area contributed by atoms with Crippen molar-refractivity contribution < 1.29 is 28.2 Å². The molecular weight excluding hydrogens is 272 g/mol. The van der Waals surface area contributed by atoms with E-state index in [4.69, 9.17) is 4.74 Å². The van der Waals surface area contributed by atoms with Crippen LogP contribution in [0.1, 0.15) is 46.5 Å². The fourth-order valence-electron chi connectivity index (χ4n) is 2.28. The maximum absolute atomic E-state index is 12.6. The van der Waals surface area contributed by atoms with E-state index in [1.54, 1.807) is 20.8 Å². The summed E-state index contributed by atoms with van der Waals surface area (Å²) in [6.45, 7) is 4.98. The lowest BCUT2D eigenvalue weighted by Gasteiger charge is -2.37. The lowest BCUT2D eigenvalue weighted by molar-refractivity contribution is -0.147. The van der Waals surface area contributed by atoms with Crippen molar-refractivity contribution >= 4 is 12.1 Å². The number of hydrogen-bond donors (Lipinski definition) is 2. The van der Waals surface area contributed by atoms with Crippen molar-refractivity contribution in [1.82, 2.24) is 5.32 Å².